The average molecular weight is 344 g/mol. The van der Waals surface area contributed by atoms with Gasteiger partial charge in [0.25, 0.3) is 0 Å². The van der Waals surface area contributed by atoms with Crippen molar-refractivity contribution in [1.82, 2.24) is 10.1 Å². The van der Waals surface area contributed by atoms with Crippen molar-refractivity contribution >= 4 is 0 Å². The van der Waals surface area contributed by atoms with Crippen molar-refractivity contribution in [2.24, 2.45) is 5.92 Å². The van der Waals surface area contributed by atoms with Crippen LogP contribution in [0.15, 0.2) is 34.9 Å². The zero-order valence-electron chi connectivity index (χ0n) is 15.4. The molecule has 5 nitrogen and oxygen atoms in total. The highest BCUT2D eigenvalue weighted by Gasteiger charge is 2.38. The number of piperidine rings is 1. The summed E-state index contributed by atoms with van der Waals surface area (Å²) in [5.74, 6) is 1.07. The second kappa shape index (κ2) is 7.68. The van der Waals surface area contributed by atoms with E-state index < -0.39 is 5.60 Å². The fourth-order valence-corrected chi connectivity index (χ4v) is 3.51. The number of rotatable bonds is 6. The van der Waals surface area contributed by atoms with Gasteiger partial charge in [-0.1, -0.05) is 41.9 Å². The SMILES string of the molecule is COCC[C@]1(O)CCN(Cc2cc(-c3ccc(C)cc3)no2)CC1C. The number of benzene rings is 1. The Bertz CT molecular complexity index is 683. The van der Waals surface area contributed by atoms with Crippen LogP contribution in [0.4, 0.5) is 0 Å². The monoisotopic (exact) mass is 344 g/mol. The summed E-state index contributed by atoms with van der Waals surface area (Å²) in [5.41, 5.74) is 2.55. The van der Waals surface area contributed by atoms with Gasteiger partial charge in [0, 0.05) is 38.4 Å². The van der Waals surface area contributed by atoms with E-state index in [1.54, 1.807) is 7.11 Å². The topological polar surface area (TPSA) is 58.7 Å². The highest BCUT2D eigenvalue weighted by atomic mass is 16.5. The first-order valence-corrected chi connectivity index (χ1v) is 8.96. The van der Waals surface area contributed by atoms with Gasteiger partial charge in [-0.2, -0.15) is 0 Å². The van der Waals surface area contributed by atoms with E-state index in [4.69, 9.17) is 9.26 Å². The molecule has 25 heavy (non-hydrogen) atoms. The van der Waals surface area contributed by atoms with Crippen LogP contribution >= 0.6 is 0 Å². The molecule has 0 amide bonds. The number of ether oxygens (including phenoxy) is 1. The normalized spacial score (nSPS) is 24.6. The minimum atomic E-state index is -0.624. The molecule has 0 aliphatic carbocycles. The van der Waals surface area contributed by atoms with Gasteiger partial charge in [-0.25, -0.2) is 0 Å². The van der Waals surface area contributed by atoms with Gasteiger partial charge >= 0.3 is 0 Å². The van der Waals surface area contributed by atoms with Gasteiger partial charge in [-0.15, -0.1) is 0 Å². The molecule has 0 bridgehead atoms. The summed E-state index contributed by atoms with van der Waals surface area (Å²) in [5, 5.41) is 15.0. The number of likely N-dealkylation sites (tertiary alicyclic amines) is 1. The van der Waals surface area contributed by atoms with Gasteiger partial charge in [0.05, 0.1) is 12.1 Å². The first-order chi connectivity index (χ1) is 12.0. The summed E-state index contributed by atoms with van der Waals surface area (Å²) in [4.78, 5) is 2.32. The Morgan fingerprint density at radius 2 is 2.12 bits per heavy atom. The summed E-state index contributed by atoms with van der Waals surface area (Å²) in [6.45, 7) is 7.21. The van der Waals surface area contributed by atoms with E-state index in [1.165, 1.54) is 5.56 Å². The van der Waals surface area contributed by atoms with E-state index in [0.29, 0.717) is 13.0 Å². The molecule has 3 rings (SSSR count). The van der Waals surface area contributed by atoms with Gasteiger partial charge in [0.15, 0.2) is 5.76 Å². The molecular formula is C20H28N2O3. The summed E-state index contributed by atoms with van der Waals surface area (Å²) in [6.07, 6.45) is 1.45. The maximum Gasteiger partial charge on any atom is 0.151 e. The van der Waals surface area contributed by atoms with E-state index in [0.717, 1.165) is 43.1 Å². The number of methoxy groups -OCH3 is 1. The minimum Gasteiger partial charge on any atom is -0.389 e. The predicted molar refractivity (Wildman–Crippen MR) is 97.2 cm³/mol. The zero-order valence-corrected chi connectivity index (χ0v) is 15.4. The third-order valence-corrected chi connectivity index (χ3v) is 5.34. The molecule has 0 saturated carbocycles. The Hall–Kier alpha value is -1.69. The molecule has 136 valence electrons. The fraction of sp³-hybridized carbons (Fsp3) is 0.550. The summed E-state index contributed by atoms with van der Waals surface area (Å²) in [7, 11) is 1.68. The molecule has 1 aromatic carbocycles. The van der Waals surface area contributed by atoms with Crippen molar-refractivity contribution in [3.05, 3.63) is 41.7 Å². The Labute approximate surface area is 149 Å². The smallest absolute Gasteiger partial charge is 0.151 e. The quantitative estimate of drug-likeness (QED) is 0.872. The van der Waals surface area contributed by atoms with Crippen LogP contribution in [0.5, 0.6) is 0 Å². The number of aryl methyl sites for hydroxylation is 1. The third kappa shape index (κ3) is 4.29. The Morgan fingerprint density at radius 1 is 1.36 bits per heavy atom. The van der Waals surface area contributed by atoms with Crippen molar-refractivity contribution in [3.8, 4) is 11.3 Å². The maximum atomic E-state index is 10.8. The number of nitrogens with zero attached hydrogens (tertiary/aromatic N) is 2. The largest absolute Gasteiger partial charge is 0.389 e. The lowest BCUT2D eigenvalue weighted by molar-refractivity contribution is -0.0836. The van der Waals surface area contributed by atoms with Crippen LogP contribution in [0.1, 0.15) is 31.1 Å². The van der Waals surface area contributed by atoms with Crippen LogP contribution in [0.2, 0.25) is 0 Å². The molecule has 1 saturated heterocycles. The molecule has 2 heterocycles. The predicted octanol–water partition coefficient (Wildman–Crippen LogP) is 3.26. The molecule has 5 heteroatoms. The van der Waals surface area contributed by atoms with Gasteiger partial charge < -0.3 is 14.4 Å². The maximum absolute atomic E-state index is 10.8. The summed E-state index contributed by atoms with van der Waals surface area (Å²) in [6, 6.07) is 10.3. The number of hydrogen-bond donors (Lipinski definition) is 1. The average Bonchev–Trinajstić information content (AvgIpc) is 3.06. The van der Waals surface area contributed by atoms with Crippen LogP contribution in [0.3, 0.4) is 0 Å². The molecule has 1 aliphatic heterocycles. The summed E-state index contributed by atoms with van der Waals surface area (Å²) < 4.78 is 10.7. The standard InChI is InChI=1S/C20H28N2O3/c1-15-4-6-17(7-5-15)19-12-18(25-21-19)14-22-10-8-20(23,9-11-24-3)16(2)13-22/h4-7,12,16,23H,8-11,13-14H2,1-3H3/t16?,20-/m1/s1. The molecule has 0 spiro atoms. The lowest BCUT2D eigenvalue weighted by Gasteiger charge is -2.43. The van der Waals surface area contributed by atoms with Crippen molar-refractivity contribution < 1.29 is 14.4 Å². The van der Waals surface area contributed by atoms with E-state index in [9.17, 15) is 5.11 Å². The van der Waals surface area contributed by atoms with Crippen LogP contribution < -0.4 is 0 Å². The van der Waals surface area contributed by atoms with Crippen LogP contribution in [-0.2, 0) is 11.3 Å². The number of aliphatic hydroxyl groups is 1. The van der Waals surface area contributed by atoms with Crippen molar-refractivity contribution in [2.75, 3.05) is 26.8 Å². The summed E-state index contributed by atoms with van der Waals surface area (Å²) >= 11 is 0. The van der Waals surface area contributed by atoms with E-state index >= 15 is 0 Å². The molecule has 2 aromatic rings. The third-order valence-electron chi connectivity index (χ3n) is 5.34. The minimum absolute atomic E-state index is 0.205. The van der Waals surface area contributed by atoms with E-state index in [2.05, 4.69) is 48.2 Å². The Kier molecular flexibility index (Phi) is 5.57. The Balaban J connectivity index is 1.60. The number of hydrogen-bond acceptors (Lipinski definition) is 5. The number of aromatic nitrogens is 1. The van der Waals surface area contributed by atoms with Gasteiger partial charge in [-0.3, -0.25) is 4.90 Å². The highest BCUT2D eigenvalue weighted by Crippen LogP contribution is 2.32. The van der Waals surface area contributed by atoms with Crippen molar-refractivity contribution in [3.63, 3.8) is 0 Å². The van der Waals surface area contributed by atoms with Gasteiger partial charge in [0.1, 0.15) is 5.69 Å². The molecule has 1 aromatic heterocycles. The van der Waals surface area contributed by atoms with Gasteiger partial charge in [-0.05, 0) is 25.7 Å². The highest BCUT2D eigenvalue weighted by molar-refractivity contribution is 5.59. The molecule has 1 fully saturated rings. The molecule has 0 radical (unpaired) electrons. The molecule has 1 N–H and O–H groups in total. The zero-order chi connectivity index (χ0) is 17.9. The van der Waals surface area contributed by atoms with E-state index in [-0.39, 0.29) is 5.92 Å². The fourth-order valence-electron chi connectivity index (χ4n) is 3.51. The van der Waals surface area contributed by atoms with Crippen LogP contribution in [-0.4, -0.2) is 47.6 Å². The second-order valence-corrected chi connectivity index (χ2v) is 7.28. The van der Waals surface area contributed by atoms with Crippen molar-refractivity contribution in [2.45, 2.75) is 38.8 Å². The molecular weight excluding hydrogens is 316 g/mol. The molecule has 2 atom stereocenters. The Morgan fingerprint density at radius 3 is 2.80 bits per heavy atom. The first kappa shape index (κ1) is 18.1. The van der Waals surface area contributed by atoms with Crippen molar-refractivity contribution in [1.29, 1.82) is 0 Å². The molecule has 1 unspecified atom stereocenters. The first-order valence-electron chi connectivity index (χ1n) is 8.96. The lowest BCUT2D eigenvalue weighted by atomic mass is 9.80. The molecule has 1 aliphatic rings. The van der Waals surface area contributed by atoms with E-state index in [1.807, 2.05) is 6.07 Å². The second-order valence-electron chi connectivity index (χ2n) is 7.28. The van der Waals surface area contributed by atoms with Crippen LogP contribution in [0.25, 0.3) is 11.3 Å². The lowest BCUT2D eigenvalue weighted by Crippen LogP contribution is -2.50. The van der Waals surface area contributed by atoms with Crippen LogP contribution in [0, 0.1) is 12.8 Å². The van der Waals surface area contributed by atoms with Gasteiger partial charge in [0.2, 0.25) is 0 Å².